The molecule has 2 amide bonds. The van der Waals surface area contributed by atoms with E-state index in [1.165, 1.54) is 5.56 Å². The summed E-state index contributed by atoms with van der Waals surface area (Å²) in [5, 5.41) is 4.31. The van der Waals surface area contributed by atoms with Crippen LogP contribution >= 0.6 is 23.2 Å². The second-order valence-corrected chi connectivity index (χ2v) is 12.8. The molecule has 2 aliphatic rings. The summed E-state index contributed by atoms with van der Waals surface area (Å²) in [5.41, 5.74) is 4.95. The van der Waals surface area contributed by atoms with Gasteiger partial charge in [-0.3, -0.25) is 9.59 Å². The summed E-state index contributed by atoms with van der Waals surface area (Å²) >= 11 is 12.8. The lowest BCUT2D eigenvalue weighted by molar-refractivity contribution is -0.133. The summed E-state index contributed by atoms with van der Waals surface area (Å²) in [7, 11) is 1.90. The minimum Gasteiger partial charge on any atom is -0.346 e. The summed E-state index contributed by atoms with van der Waals surface area (Å²) in [5.74, 6) is -0.307. The first kappa shape index (κ1) is 30.4. The number of benzene rings is 4. The van der Waals surface area contributed by atoms with Crippen molar-refractivity contribution in [1.82, 2.24) is 15.1 Å². The molecule has 4 aromatic rings. The maximum atomic E-state index is 14.4. The molecule has 0 bridgehead atoms. The second kappa shape index (κ2) is 13.2. The standard InChI is InChI=1S/C37H37Cl2N3O2/c1-41(36(44)35(26-10-4-2-5-11-26)27-12-6-3-7-13-27)33(29-16-17-31(38)32(39)24-29)18-21-42-22-19-37(20-23-42)30-15-9-8-14-28(30)25-34(43)40-37/h2-17,24,33,35H,18-23,25H2,1H3,(H,40,43)/t33-/m0/s1. The number of likely N-dealkylation sites (tertiary alicyclic amines) is 1. The molecule has 0 aliphatic carbocycles. The average Bonchev–Trinajstić information content (AvgIpc) is 3.04. The van der Waals surface area contributed by atoms with E-state index in [9.17, 15) is 9.59 Å². The third-order valence-corrected chi connectivity index (χ3v) is 10.1. The molecule has 7 heteroatoms. The normalized spacial score (nSPS) is 16.8. The molecule has 6 rings (SSSR count). The molecular formula is C37H37Cl2N3O2. The molecule has 1 N–H and O–H groups in total. The lowest BCUT2D eigenvalue weighted by Crippen LogP contribution is -2.56. The smallest absolute Gasteiger partial charge is 0.234 e. The maximum Gasteiger partial charge on any atom is 0.234 e. The number of carbonyl (C=O) groups excluding carboxylic acids is 2. The van der Waals surface area contributed by atoms with E-state index in [1.54, 1.807) is 0 Å². The number of piperidine rings is 1. The molecule has 5 nitrogen and oxygen atoms in total. The summed E-state index contributed by atoms with van der Waals surface area (Å²) in [6.45, 7) is 2.52. The fourth-order valence-electron chi connectivity index (χ4n) is 6.98. The summed E-state index contributed by atoms with van der Waals surface area (Å²) in [6.07, 6.45) is 2.88. The van der Waals surface area contributed by atoms with Crippen molar-refractivity contribution in [3.63, 3.8) is 0 Å². The Balaban J connectivity index is 1.23. The molecule has 2 aliphatic heterocycles. The van der Waals surface area contributed by atoms with Crippen molar-refractivity contribution < 1.29 is 9.59 Å². The quantitative estimate of drug-likeness (QED) is 0.222. The van der Waals surface area contributed by atoms with Crippen LogP contribution in [0.1, 0.15) is 59.0 Å². The van der Waals surface area contributed by atoms with E-state index in [1.807, 2.05) is 96.9 Å². The number of nitrogens with zero attached hydrogens (tertiary/aromatic N) is 2. The van der Waals surface area contributed by atoms with Gasteiger partial charge in [-0.2, -0.15) is 0 Å². The lowest BCUT2D eigenvalue weighted by atomic mass is 9.75. The Labute approximate surface area is 269 Å². The van der Waals surface area contributed by atoms with Crippen LogP contribution in [0.4, 0.5) is 0 Å². The van der Waals surface area contributed by atoms with E-state index < -0.39 is 5.92 Å². The van der Waals surface area contributed by atoms with Crippen molar-refractivity contribution in [2.24, 2.45) is 0 Å². The van der Waals surface area contributed by atoms with Gasteiger partial charge in [0, 0.05) is 26.7 Å². The Hall–Kier alpha value is -3.64. The van der Waals surface area contributed by atoms with Crippen molar-refractivity contribution >= 4 is 35.0 Å². The van der Waals surface area contributed by atoms with E-state index in [2.05, 4.69) is 28.4 Å². The fourth-order valence-corrected chi connectivity index (χ4v) is 7.29. The first-order valence-corrected chi connectivity index (χ1v) is 16.0. The Morgan fingerprint density at radius 1 is 0.841 bits per heavy atom. The number of carbonyl (C=O) groups is 2. The van der Waals surface area contributed by atoms with Crippen LogP contribution in [0.25, 0.3) is 0 Å². The first-order valence-electron chi connectivity index (χ1n) is 15.3. The Morgan fingerprint density at radius 2 is 1.45 bits per heavy atom. The van der Waals surface area contributed by atoms with E-state index in [4.69, 9.17) is 23.2 Å². The molecule has 4 aromatic carbocycles. The van der Waals surface area contributed by atoms with Gasteiger partial charge in [0.15, 0.2) is 0 Å². The largest absolute Gasteiger partial charge is 0.346 e. The predicted molar refractivity (Wildman–Crippen MR) is 177 cm³/mol. The Kier molecular flexibility index (Phi) is 9.08. The molecule has 1 fully saturated rings. The molecule has 1 spiro atoms. The van der Waals surface area contributed by atoms with Crippen molar-refractivity contribution in [2.45, 2.75) is 43.2 Å². The van der Waals surface area contributed by atoms with Gasteiger partial charge < -0.3 is 15.1 Å². The molecule has 226 valence electrons. The van der Waals surface area contributed by atoms with Crippen LogP contribution < -0.4 is 5.32 Å². The number of likely N-dealkylation sites (N-methyl/N-ethyl adjacent to an activating group) is 1. The first-order chi connectivity index (χ1) is 21.3. The van der Waals surface area contributed by atoms with Crippen LogP contribution in [0.3, 0.4) is 0 Å². The predicted octanol–water partition coefficient (Wildman–Crippen LogP) is 7.38. The third kappa shape index (κ3) is 6.28. The van der Waals surface area contributed by atoms with Gasteiger partial charge in [0.25, 0.3) is 0 Å². The highest BCUT2D eigenvalue weighted by Crippen LogP contribution is 2.39. The molecule has 1 saturated heterocycles. The molecule has 0 unspecified atom stereocenters. The van der Waals surface area contributed by atoms with E-state index >= 15 is 0 Å². The van der Waals surface area contributed by atoms with E-state index in [-0.39, 0.29) is 23.4 Å². The van der Waals surface area contributed by atoms with Crippen molar-refractivity contribution in [2.75, 3.05) is 26.7 Å². The van der Waals surface area contributed by atoms with Crippen LogP contribution in [0.5, 0.6) is 0 Å². The van der Waals surface area contributed by atoms with Gasteiger partial charge in [0.1, 0.15) is 0 Å². The molecule has 0 saturated carbocycles. The second-order valence-electron chi connectivity index (χ2n) is 12.0. The van der Waals surface area contributed by atoms with Crippen LogP contribution in [0, 0.1) is 0 Å². The minimum absolute atomic E-state index is 0.0256. The van der Waals surface area contributed by atoms with Crippen molar-refractivity contribution in [1.29, 1.82) is 0 Å². The number of fused-ring (bicyclic) bond motifs is 2. The van der Waals surface area contributed by atoms with Crippen LogP contribution in [-0.4, -0.2) is 48.3 Å². The van der Waals surface area contributed by atoms with Gasteiger partial charge in [0.05, 0.1) is 34.0 Å². The van der Waals surface area contributed by atoms with Gasteiger partial charge in [0.2, 0.25) is 11.8 Å². The highest BCUT2D eigenvalue weighted by Gasteiger charge is 2.42. The number of nitrogens with one attached hydrogen (secondary N) is 1. The average molecular weight is 627 g/mol. The lowest BCUT2D eigenvalue weighted by Gasteiger charge is -2.46. The molecule has 0 radical (unpaired) electrons. The third-order valence-electron chi connectivity index (χ3n) is 9.35. The monoisotopic (exact) mass is 625 g/mol. The van der Waals surface area contributed by atoms with Gasteiger partial charge >= 0.3 is 0 Å². The van der Waals surface area contributed by atoms with Gasteiger partial charge in [-0.25, -0.2) is 0 Å². The molecular weight excluding hydrogens is 589 g/mol. The summed E-state index contributed by atoms with van der Waals surface area (Å²) in [6, 6.07) is 33.7. The molecule has 1 atom stereocenters. The topological polar surface area (TPSA) is 52.7 Å². The van der Waals surface area contributed by atoms with Gasteiger partial charge in [-0.15, -0.1) is 0 Å². The fraction of sp³-hybridized carbons (Fsp3) is 0.297. The SMILES string of the molecule is CN(C(=O)C(c1ccccc1)c1ccccc1)[C@@H](CCN1CCC2(CC1)NC(=O)Cc1ccccc12)c1ccc(Cl)c(Cl)c1. The zero-order valence-corrected chi connectivity index (χ0v) is 26.4. The maximum absolute atomic E-state index is 14.4. The molecule has 2 heterocycles. The molecule has 0 aromatic heterocycles. The van der Waals surface area contributed by atoms with Gasteiger partial charge in [-0.1, -0.05) is 114 Å². The van der Waals surface area contributed by atoms with Crippen LogP contribution in [-0.2, 0) is 21.5 Å². The number of rotatable bonds is 8. The summed E-state index contributed by atoms with van der Waals surface area (Å²) in [4.78, 5) is 31.4. The number of halogens is 2. The Morgan fingerprint density at radius 3 is 2.09 bits per heavy atom. The van der Waals surface area contributed by atoms with Gasteiger partial charge in [-0.05, 0) is 59.2 Å². The zero-order valence-electron chi connectivity index (χ0n) is 24.9. The number of hydrogen-bond acceptors (Lipinski definition) is 3. The van der Waals surface area contributed by atoms with Crippen LogP contribution in [0.15, 0.2) is 103 Å². The van der Waals surface area contributed by atoms with E-state index in [0.717, 1.165) is 61.2 Å². The minimum atomic E-state index is -0.433. The van der Waals surface area contributed by atoms with Crippen molar-refractivity contribution in [3.05, 3.63) is 141 Å². The Bertz CT molecular complexity index is 1580. The molecule has 44 heavy (non-hydrogen) atoms. The van der Waals surface area contributed by atoms with Crippen molar-refractivity contribution in [3.8, 4) is 0 Å². The van der Waals surface area contributed by atoms with E-state index in [0.29, 0.717) is 16.5 Å². The zero-order chi connectivity index (χ0) is 30.7. The number of amides is 2. The highest BCUT2D eigenvalue weighted by atomic mass is 35.5. The summed E-state index contributed by atoms with van der Waals surface area (Å²) < 4.78 is 0. The van der Waals surface area contributed by atoms with Crippen LogP contribution in [0.2, 0.25) is 10.0 Å². The highest BCUT2D eigenvalue weighted by molar-refractivity contribution is 6.42. The number of hydrogen-bond donors (Lipinski definition) is 1.